The summed E-state index contributed by atoms with van der Waals surface area (Å²) in [6.07, 6.45) is 3.57. The molecule has 110 valence electrons. The van der Waals surface area contributed by atoms with Crippen molar-refractivity contribution < 1.29 is 9.84 Å². The van der Waals surface area contributed by atoms with Gasteiger partial charge in [0, 0.05) is 12.6 Å². The van der Waals surface area contributed by atoms with Gasteiger partial charge in [0.25, 0.3) is 0 Å². The summed E-state index contributed by atoms with van der Waals surface area (Å²) in [6, 6.07) is 14.6. The van der Waals surface area contributed by atoms with Crippen molar-refractivity contribution >= 4 is 0 Å². The topological polar surface area (TPSA) is 41.5 Å². The lowest BCUT2D eigenvalue weighted by Gasteiger charge is -2.26. The van der Waals surface area contributed by atoms with Gasteiger partial charge in [-0.15, -0.1) is 0 Å². The Balaban J connectivity index is 1.70. The maximum Gasteiger partial charge on any atom is 0.160 e. The van der Waals surface area contributed by atoms with E-state index in [1.54, 1.807) is 19.2 Å². The van der Waals surface area contributed by atoms with Gasteiger partial charge in [0.2, 0.25) is 0 Å². The lowest BCUT2D eigenvalue weighted by atomic mass is 9.87. The minimum absolute atomic E-state index is 0.195. The normalized spacial score (nSPS) is 17.3. The lowest BCUT2D eigenvalue weighted by molar-refractivity contribution is 0.372. The maximum absolute atomic E-state index is 9.83. The predicted molar refractivity (Wildman–Crippen MR) is 83.6 cm³/mol. The molecule has 0 heterocycles. The number of ether oxygens (including phenoxy) is 1. The van der Waals surface area contributed by atoms with Gasteiger partial charge >= 0.3 is 0 Å². The average molecular weight is 283 g/mol. The highest BCUT2D eigenvalue weighted by Crippen LogP contribution is 2.30. The van der Waals surface area contributed by atoms with E-state index in [4.69, 9.17) is 4.74 Å². The summed E-state index contributed by atoms with van der Waals surface area (Å²) in [4.78, 5) is 0. The first kappa shape index (κ1) is 14.0. The fraction of sp³-hybridized carbons (Fsp3) is 0.333. The number of phenolic OH excluding ortho intramolecular Hbond substituents is 1. The Hall–Kier alpha value is -2.00. The van der Waals surface area contributed by atoms with Gasteiger partial charge in [-0.3, -0.25) is 0 Å². The number of hydrogen-bond donors (Lipinski definition) is 2. The second-order valence-electron chi connectivity index (χ2n) is 5.53. The molecule has 21 heavy (non-hydrogen) atoms. The molecule has 2 aromatic rings. The first-order chi connectivity index (χ1) is 10.3. The molecule has 0 aliphatic heterocycles. The summed E-state index contributed by atoms with van der Waals surface area (Å²) in [5.74, 6) is 0.711. The van der Waals surface area contributed by atoms with Crippen LogP contribution < -0.4 is 10.1 Å². The molecule has 0 saturated carbocycles. The van der Waals surface area contributed by atoms with Crippen molar-refractivity contribution in [1.29, 1.82) is 0 Å². The molecule has 0 aromatic heterocycles. The van der Waals surface area contributed by atoms with Crippen molar-refractivity contribution in [2.75, 3.05) is 7.11 Å². The first-order valence-corrected chi connectivity index (χ1v) is 7.45. The van der Waals surface area contributed by atoms with Gasteiger partial charge in [-0.2, -0.15) is 0 Å². The summed E-state index contributed by atoms with van der Waals surface area (Å²) >= 11 is 0. The third-order valence-electron chi connectivity index (χ3n) is 4.17. The molecule has 0 radical (unpaired) electrons. The number of aromatic hydroxyl groups is 1. The second-order valence-corrected chi connectivity index (χ2v) is 5.53. The quantitative estimate of drug-likeness (QED) is 0.901. The minimum atomic E-state index is 0.195. The number of hydrogen-bond acceptors (Lipinski definition) is 3. The van der Waals surface area contributed by atoms with Crippen LogP contribution >= 0.6 is 0 Å². The van der Waals surface area contributed by atoms with Crippen molar-refractivity contribution in [2.45, 2.75) is 31.8 Å². The van der Waals surface area contributed by atoms with E-state index in [0.717, 1.165) is 12.1 Å². The number of phenols is 1. The SMILES string of the molecule is COc1ccc(CN[C@H]2CCCc3ccccc32)cc1O. The van der Waals surface area contributed by atoms with Gasteiger partial charge in [0.15, 0.2) is 11.5 Å². The van der Waals surface area contributed by atoms with Crippen molar-refractivity contribution in [2.24, 2.45) is 0 Å². The molecule has 3 heteroatoms. The van der Waals surface area contributed by atoms with Crippen molar-refractivity contribution in [3.8, 4) is 11.5 Å². The lowest BCUT2D eigenvalue weighted by Crippen LogP contribution is -2.24. The van der Waals surface area contributed by atoms with Crippen LogP contribution in [-0.4, -0.2) is 12.2 Å². The molecule has 1 aliphatic rings. The van der Waals surface area contributed by atoms with E-state index in [9.17, 15) is 5.11 Å². The summed E-state index contributed by atoms with van der Waals surface area (Å²) in [5.41, 5.74) is 3.94. The van der Waals surface area contributed by atoms with Crippen LogP contribution in [0.2, 0.25) is 0 Å². The van der Waals surface area contributed by atoms with Crippen molar-refractivity contribution in [1.82, 2.24) is 5.32 Å². The van der Waals surface area contributed by atoms with Crippen LogP contribution in [0.3, 0.4) is 0 Å². The summed E-state index contributed by atoms with van der Waals surface area (Å²) in [5, 5.41) is 13.4. The number of fused-ring (bicyclic) bond motifs is 1. The van der Waals surface area contributed by atoms with Crippen molar-refractivity contribution in [3.05, 3.63) is 59.2 Å². The van der Waals surface area contributed by atoms with Gasteiger partial charge in [-0.05, 0) is 48.1 Å². The maximum atomic E-state index is 9.83. The monoisotopic (exact) mass is 283 g/mol. The van der Waals surface area contributed by atoms with Crippen LogP contribution in [0.15, 0.2) is 42.5 Å². The van der Waals surface area contributed by atoms with E-state index in [2.05, 4.69) is 29.6 Å². The Bertz CT molecular complexity index is 624. The molecule has 0 spiro atoms. The summed E-state index contributed by atoms with van der Waals surface area (Å²) < 4.78 is 5.07. The second kappa shape index (κ2) is 6.19. The number of nitrogens with one attached hydrogen (secondary N) is 1. The molecule has 1 aliphatic carbocycles. The highest BCUT2D eigenvalue weighted by molar-refractivity contribution is 5.41. The van der Waals surface area contributed by atoms with Crippen LogP contribution in [-0.2, 0) is 13.0 Å². The smallest absolute Gasteiger partial charge is 0.160 e. The van der Waals surface area contributed by atoms with Crippen LogP contribution in [0, 0.1) is 0 Å². The van der Waals surface area contributed by atoms with Crippen LogP contribution in [0.4, 0.5) is 0 Å². The zero-order chi connectivity index (χ0) is 14.7. The standard InChI is InChI=1S/C18H21NO2/c1-21-18-10-9-13(11-17(18)20)12-19-16-8-4-6-14-5-2-3-7-15(14)16/h2-3,5,7,9-11,16,19-20H,4,6,8,12H2,1H3/t16-/m0/s1. The van der Waals surface area contributed by atoms with E-state index in [1.165, 1.54) is 30.4 Å². The molecule has 0 bridgehead atoms. The molecule has 3 rings (SSSR count). The zero-order valence-electron chi connectivity index (χ0n) is 12.3. The van der Waals surface area contributed by atoms with E-state index >= 15 is 0 Å². The van der Waals surface area contributed by atoms with E-state index in [0.29, 0.717) is 11.8 Å². The Morgan fingerprint density at radius 3 is 2.90 bits per heavy atom. The minimum Gasteiger partial charge on any atom is -0.504 e. The molecule has 3 nitrogen and oxygen atoms in total. The fourth-order valence-corrected chi connectivity index (χ4v) is 3.05. The predicted octanol–water partition coefficient (Wildman–Crippen LogP) is 3.57. The number of methoxy groups -OCH3 is 1. The molecule has 2 N–H and O–H groups in total. The Morgan fingerprint density at radius 2 is 2.10 bits per heavy atom. The van der Waals surface area contributed by atoms with Crippen LogP contribution in [0.25, 0.3) is 0 Å². The van der Waals surface area contributed by atoms with E-state index < -0.39 is 0 Å². The largest absolute Gasteiger partial charge is 0.504 e. The van der Waals surface area contributed by atoms with Gasteiger partial charge in [0.05, 0.1) is 7.11 Å². The van der Waals surface area contributed by atoms with Gasteiger partial charge in [0.1, 0.15) is 0 Å². The van der Waals surface area contributed by atoms with Crippen molar-refractivity contribution in [3.63, 3.8) is 0 Å². The molecule has 0 fully saturated rings. The van der Waals surface area contributed by atoms with Crippen LogP contribution in [0.1, 0.15) is 35.6 Å². The first-order valence-electron chi connectivity index (χ1n) is 7.45. The molecule has 2 aromatic carbocycles. The Labute approximate surface area is 125 Å². The van der Waals surface area contributed by atoms with Gasteiger partial charge in [-0.25, -0.2) is 0 Å². The molecular weight excluding hydrogens is 262 g/mol. The summed E-state index contributed by atoms with van der Waals surface area (Å²) in [6.45, 7) is 0.747. The van der Waals surface area contributed by atoms with E-state index in [-0.39, 0.29) is 5.75 Å². The zero-order valence-corrected chi connectivity index (χ0v) is 12.3. The molecule has 0 saturated heterocycles. The highest BCUT2D eigenvalue weighted by Gasteiger charge is 2.19. The van der Waals surface area contributed by atoms with Crippen LogP contribution in [0.5, 0.6) is 11.5 Å². The average Bonchev–Trinajstić information content (AvgIpc) is 2.53. The highest BCUT2D eigenvalue weighted by atomic mass is 16.5. The molecule has 0 unspecified atom stereocenters. The third kappa shape index (κ3) is 3.03. The molecular formula is C18H21NO2. The molecule has 1 atom stereocenters. The fourth-order valence-electron chi connectivity index (χ4n) is 3.05. The Kier molecular flexibility index (Phi) is 4.11. The number of rotatable bonds is 4. The van der Waals surface area contributed by atoms with Gasteiger partial charge in [-0.1, -0.05) is 30.3 Å². The third-order valence-corrected chi connectivity index (χ3v) is 4.17. The summed E-state index contributed by atoms with van der Waals surface area (Å²) in [7, 11) is 1.56. The Morgan fingerprint density at radius 1 is 1.24 bits per heavy atom. The van der Waals surface area contributed by atoms with E-state index in [1.807, 2.05) is 6.07 Å². The molecule has 0 amide bonds. The van der Waals surface area contributed by atoms with Gasteiger partial charge < -0.3 is 15.2 Å². The number of benzene rings is 2. The number of aryl methyl sites for hydroxylation is 1.